The minimum absolute atomic E-state index is 0.0115. The minimum atomic E-state index is -0.812. The van der Waals surface area contributed by atoms with Crippen LogP contribution in [-0.4, -0.2) is 38.6 Å². The molecule has 0 aliphatic carbocycles. The molecule has 0 aromatic heterocycles. The number of hydrogen-bond donors (Lipinski definition) is 1. The van der Waals surface area contributed by atoms with Crippen molar-refractivity contribution in [3.05, 3.63) is 35.4 Å². The van der Waals surface area contributed by atoms with E-state index in [4.69, 9.17) is 10.00 Å². The average Bonchev–Trinajstić information content (AvgIpc) is 2.57. The summed E-state index contributed by atoms with van der Waals surface area (Å²) in [6.07, 6.45) is 2.22. The van der Waals surface area contributed by atoms with Crippen LogP contribution in [-0.2, 0) is 14.3 Å². The van der Waals surface area contributed by atoms with E-state index >= 15 is 0 Å². The standard InChI is InChI=1S/C18H23N3O3/c1-5-13(2)20-17(22)12-24-18(23)15(11-19)10-14-6-8-16(9-7-14)21(3)4/h6-10,13H,5,12H2,1-4H3,(H,20,22)/b15-10+/t13-/m0/s1. The smallest absolute Gasteiger partial charge is 0.349 e. The zero-order valence-corrected chi connectivity index (χ0v) is 14.5. The van der Waals surface area contributed by atoms with Crippen LogP contribution < -0.4 is 10.2 Å². The van der Waals surface area contributed by atoms with Gasteiger partial charge in [-0.2, -0.15) is 5.26 Å². The lowest BCUT2D eigenvalue weighted by atomic mass is 10.1. The van der Waals surface area contributed by atoms with Crippen molar-refractivity contribution in [1.82, 2.24) is 5.32 Å². The van der Waals surface area contributed by atoms with Crippen LogP contribution in [0.3, 0.4) is 0 Å². The molecule has 1 rings (SSSR count). The van der Waals surface area contributed by atoms with E-state index in [1.54, 1.807) is 12.1 Å². The summed E-state index contributed by atoms with van der Waals surface area (Å²) in [4.78, 5) is 25.5. The maximum absolute atomic E-state index is 11.9. The Morgan fingerprint density at radius 1 is 1.33 bits per heavy atom. The Kier molecular flexibility index (Phi) is 7.50. The normalized spacial score (nSPS) is 12.0. The van der Waals surface area contributed by atoms with Crippen molar-refractivity contribution in [1.29, 1.82) is 5.26 Å². The summed E-state index contributed by atoms with van der Waals surface area (Å²) in [6.45, 7) is 3.40. The van der Waals surface area contributed by atoms with Crippen molar-refractivity contribution in [2.75, 3.05) is 25.6 Å². The summed E-state index contributed by atoms with van der Waals surface area (Å²) < 4.78 is 4.89. The van der Waals surface area contributed by atoms with Gasteiger partial charge in [0.15, 0.2) is 6.61 Å². The Hall–Kier alpha value is -2.81. The number of amides is 1. The van der Waals surface area contributed by atoms with Crippen molar-refractivity contribution in [3.63, 3.8) is 0 Å². The SMILES string of the molecule is CC[C@H](C)NC(=O)COC(=O)/C(C#N)=C/c1ccc(N(C)C)cc1. The number of nitrogens with zero attached hydrogens (tertiary/aromatic N) is 2. The highest BCUT2D eigenvalue weighted by atomic mass is 16.5. The van der Waals surface area contributed by atoms with Crippen molar-refractivity contribution >= 4 is 23.6 Å². The Balaban J connectivity index is 2.69. The Labute approximate surface area is 142 Å². The number of hydrogen-bond acceptors (Lipinski definition) is 5. The molecule has 0 radical (unpaired) electrons. The second-order valence-corrected chi connectivity index (χ2v) is 5.61. The summed E-state index contributed by atoms with van der Waals surface area (Å²) >= 11 is 0. The fourth-order valence-electron chi connectivity index (χ4n) is 1.80. The molecular weight excluding hydrogens is 306 g/mol. The first kappa shape index (κ1) is 19.2. The van der Waals surface area contributed by atoms with Crippen LogP contribution in [0.2, 0.25) is 0 Å². The lowest BCUT2D eigenvalue weighted by Gasteiger charge is -2.12. The van der Waals surface area contributed by atoms with E-state index in [-0.39, 0.29) is 17.5 Å². The van der Waals surface area contributed by atoms with Gasteiger partial charge in [0.05, 0.1) is 0 Å². The molecule has 128 valence electrons. The first-order valence-corrected chi connectivity index (χ1v) is 7.73. The second-order valence-electron chi connectivity index (χ2n) is 5.61. The summed E-state index contributed by atoms with van der Waals surface area (Å²) in [7, 11) is 3.85. The highest BCUT2D eigenvalue weighted by Gasteiger charge is 2.14. The molecule has 1 N–H and O–H groups in total. The molecule has 1 aromatic carbocycles. The lowest BCUT2D eigenvalue weighted by Crippen LogP contribution is -2.35. The summed E-state index contributed by atoms with van der Waals surface area (Å²) in [5.74, 6) is -1.20. The predicted molar refractivity (Wildman–Crippen MR) is 93.2 cm³/mol. The maximum atomic E-state index is 11.9. The molecule has 0 aliphatic heterocycles. The third-order valence-corrected chi connectivity index (χ3v) is 3.41. The Bertz CT molecular complexity index is 642. The predicted octanol–water partition coefficient (Wildman–Crippen LogP) is 2.12. The van der Waals surface area contributed by atoms with Crippen LogP contribution in [0.1, 0.15) is 25.8 Å². The maximum Gasteiger partial charge on any atom is 0.349 e. The molecule has 0 saturated carbocycles. The zero-order chi connectivity index (χ0) is 18.1. The van der Waals surface area contributed by atoms with E-state index < -0.39 is 12.6 Å². The van der Waals surface area contributed by atoms with E-state index in [9.17, 15) is 9.59 Å². The van der Waals surface area contributed by atoms with E-state index in [1.807, 2.05) is 51.0 Å². The molecule has 0 aliphatic rings. The number of nitrogens with one attached hydrogen (secondary N) is 1. The molecule has 0 heterocycles. The largest absolute Gasteiger partial charge is 0.451 e. The summed E-state index contributed by atoms with van der Waals surface area (Å²) in [6, 6.07) is 9.18. The molecule has 6 heteroatoms. The van der Waals surface area contributed by atoms with E-state index in [0.717, 1.165) is 12.1 Å². The van der Waals surface area contributed by atoms with Gasteiger partial charge < -0.3 is 15.0 Å². The quantitative estimate of drug-likeness (QED) is 0.471. The topological polar surface area (TPSA) is 82.4 Å². The van der Waals surface area contributed by atoms with Crippen LogP contribution in [0.25, 0.3) is 6.08 Å². The Morgan fingerprint density at radius 2 is 1.96 bits per heavy atom. The van der Waals surface area contributed by atoms with Gasteiger partial charge in [-0.3, -0.25) is 4.79 Å². The van der Waals surface area contributed by atoms with E-state index in [2.05, 4.69) is 5.32 Å². The van der Waals surface area contributed by atoms with E-state index in [1.165, 1.54) is 6.08 Å². The van der Waals surface area contributed by atoms with Gasteiger partial charge in [-0.05, 0) is 37.1 Å². The molecule has 1 atom stereocenters. The molecule has 1 amide bonds. The molecule has 0 bridgehead atoms. The number of rotatable bonds is 7. The summed E-state index contributed by atoms with van der Waals surface area (Å²) in [5.41, 5.74) is 1.57. The van der Waals surface area contributed by atoms with Gasteiger partial charge in [0.2, 0.25) is 0 Å². The van der Waals surface area contributed by atoms with Gasteiger partial charge >= 0.3 is 5.97 Å². The van der Waals surface area contributed by atoms with Crippen LogP contribution >= 0.6 is 0 Å². The average molecular weight is 329 g/mol. The van der Waals surface area contributed by atoms with Gasteiger partial charge in [0.1, 0.15) is 11.6 Å². The molecule has 0 unspecified atom stereocenters. The fourth-order valence-corrected chi connectivity index (χ4v) is 1.80. The van der Waals surface area contributed by atoms with Gasteiger partial charge in [0, 0.05) is 25.8 Å². The van der Waals surface area contributed by atoms with Gasteiger partial charge in [0.25, 0.3) is 5.91 Å². The zero-order valence-electron chi connectivity index (χ0n) is 14.5. The molecule has 1 aromatic rings. The molecule has 0 fully saturated rings. The molecule has 6 nitrogen and oxygen atoms in total. The van der Waals surface area contributed by atoms with Gasteiger partial charge in [-0.15, -0.1) is 0 Å². The Morgan fingerprint density at radius 3 is 2.46 bits per heavy atom. The van der Waals surface area contributed by atoms with Crippen molar-refractivity contribution in [2.24, 2.45) is 0 Å². The molecular formula is C18H23N3O3. The number of anilines is 1. The third kappa shape index (κ3) is 6.13. The van der Waals surface area contributed by atoms with Crippen molar-refractivity contribution in [2.45, 2.75) is 26.3 Å². The van der Waals surface area contributed by atoms with Gasteiger partial charge in [-0.25, -0.2) is 4.79 Å². The van der Waals surface area contributed by atoms with Crippen LogP contribution in [0, 0.1) is 11.3 Å². The van der Waals surface area contributed by atoms with Crippen molar-refractivity contribution < 1.29 is 14.3 Å². The first-order valence-electron chi connectivity index (χ1n) is 7.73. The number of benzene rings is 1. The molecule has 0 saturated heterocycles. The summed E-state index contributed by atoms with van der Waals surface area (Å²) in [5, 5.41) is 11.8. The number of carbonyl (C=O) groups excluding carboxylic acids is 2. The fraction of sp³-hybridized carbons (Fsp3) is 0.389. The highest BCUT2D eigenvalue weighted by Crippen LogP contribution is 2.15. The lowest BCUT2D eigenvalue weighted by molar-refractivity contribution is -0.144. The van der Waals surface area contributed by atoms with Gasteiger partial charge in [-0.1, -0.05) is 19.1 Å². The highest BCUT2D eigenvalue weighted by molar-refractivity contribution is 5.98. The monoisotopic (exact) mass is 329 g/mol. The third-order valence-electron chi connectivity index (χ3n) is 3.41. The number of carbonyl (C=O) groups is 2. The van der Waals surface area contributed by atoms with Crippen LogP contribution in [0.4, 0.5) is 5.69 Å². The number of ether oxygens (including phenoxy) is 1. The van der Waals surface area contributed by atoms with E-state index in [0.29, 0.717) is 5.56 Å². The van der Waals surface area contributed by atoms with Crippen LogP contribution in [0.15, 0.2) is 29.8 Å². The van der Waals surface area contributed by atoms with Crippen molar-refractivity contribution in [3.8, 4) is 6.07 Å². The number of nitriles is 1. The molecule has 0 spiro atoms. The minimum Gasteiger partial charge on any atom is -0.451 e. The number of esters is 1. The first-order chi connectivity index (χ1) is 11.4. The molecule has 24 heavy (non-hydrogen) atoms. The second kappa shape index (κ2) is 9.36. The van der Waals surface area contributed by atoms with Crippen LogP contribution in [0.5, 0.6) is 0 Å².